The lowest BCUT2D eigenvalue weighted by Gasteiger charge is -2.23. The first kappa shape index (κ1) is 21.0. The number of amides is 1. The quantitative estimate of drug-likeness (QED) is 0.571. The third-order valence-corrected chi connectivity index (χ3v) is 5.71. The van der Waals surface area contributed by atoms with E-state index in [0.717, 1.165) is 53.9 Å². The van der Waals surface area contributed by atoms with Gasteiger partial charge in [-0.05, 0) is 54.8 Å². The van der Waals surface area contributed by atoms with Crippen LogP contribution in [0.4, 0.5) is 10.2 Å². The van der Waals surface area contributed by atoms with Crippen molar-refractivity contribution in [2.45, 2.75) is 44.4 Å². The third-order valence-electron chi connectivity index (χ3n) is 5.71. The minimum atomic E-state index is -0.316. The van der Waals surface area contributed by atoms with E-state index in [0.29, 0.717) is 5.82 Å². The molecule has 0 aliphatic heterocycles. The molecule has 0 spiro atoms. The molecule has 0 bridgehead atoms. The molecule has 0 saturated heterocycles. The van der Waals surface area contributed by atoms with E-state index in [4.69, 9.17) is 9.72 Å². The minimum absolute atomic E-state index is 0.159. The van der Waals surface area contributed by atoms with E-state index < -0.39 is 0 Å². The predicted octanol–water partition coefficient (Wildman–Crippen LogP) is 5.52. The Labute approximate surface area is 181 Å². The molecule has 5 nitrogen and oxygen atoms in total. The Bertz CT molecular complexity index is 1030. The van der Waals surface area contributed by atoms with Crippen LogP contribution in [-0.4, -0.2) is 23.0 Å². The van der Waals surface area contributed by atoms with Crippen LogP contribution in [0, 0.1) is 5.82 Å². The summed E-state index contributed by atoms with van der Waals surface area (Å²) in [6.45, 7) is 0. The van der Waals surface area contributed by atoms with Crippen LogP contribution in [0.1, 0.15) is 49.3 Å². The second kappa shape index (κ2) is 9.69. The van der Waals surface area contributed by atoms with E-state index in [-0.39, 0.29) is 24.1 Å². The fraction of sp³-hybridized carbons (Fsp3) is 0.320. The molecule has 0 radical (unpaired) electrons. The molecule has 1 fully saturated rings. The van der Waals surface area contributed by atoms with Crippen molar-refractivity contribution in [3.05, 3.63) is 71.8 Å². The molecule has 1 amide bonds. The van der Waals surface area contributed by atoms with Crippen LogP contribution in [0.2, 0.25) is 0 Å². The number of carbonyl (C=O) groups is 1. The normalized spacial score (nSPS) is 14.3. The molecule has 0 unspecified atom stereocenters. The highest BCUT2D eigenvalue weighted by Crippen LogP contribution is 2.35. The number of methoxy groups -OCH3 is 1. The van der Waals surface area contributed by atoms with Gasteiger partial charge in [0.15, 0.2) is 5.82 Å². The van der Waals surface area contributed by atoms with Gasteiger partial charge in [-0.2, -0.15) is 0 Å². The van der Waals surface area contributed by atoms with E-state index >= 15 is 0 Å². The molecule has 31 heavy (non-hydrogen) atoms. The van der Waals surface area contributed by atoms with Crippen LogP contribution >= 0.6 is 0 Å². The molecule has 3 aromatic rings. The van der Waals surface area contributed by atoms with E-state index in [1.165, 1.54) is 18.6 Å². The van der Waals surface area contributed by atoms with Crippen LogP contribution < -0.4 is 10.1 Å². The average Bonchev–Trinajstić information content (AvgIpc) is 2.81. The van der Waals surface area contributed by atoms with Gasteiger partial charge in [-0.3, -0.25) is 4.79 Å². The van der Waals surface area contributed by atoms with Crippen molar-refractivity contribution in [1.82, 2.24) is 9.97 Å². The molecule has 1 N–H and O–H groups in total. The summed E-state index contributed by atoms with van der Waals surface area (Å²) in [6.07, 6.45) is 7.48. The van der Waals surface area contributed by atoms with Crippen LogP contribution in [0.25, 0.3) is 11.3 Å². The zero-order chi connectivity index (χ0) is 21.6. The molecule has 6 heteroatoms. The van der Waals surface area contributed by atoms with E-state index in [9.17, 15) is 9.18 Å². The van der Waals surface area contributed by atoms with Crippen molar-refractivity contribution in [3.8, 4) is 17.0 Å². The number of carbonyl (C=O) groups excluding carboxylic acids is 1. The molecule has 1 aromatic heterocycles. The molecular weight excluding hydrogens is 393 g/mol. The number of hydrogen-bond donors (Lipinski definition) is 1. The topological polar surface area (TPSA) is 64.1 Å². The molecule has 1 aliphatic rings. The number of anilines is 1. The van der Waals surface area contributed by atoms with Crippen molar-refractivity contribution >= 4 is 11.7 Å². The first-order valence-corrected chi connectivity index (χ1v) is 10.7. The van der Waals surface area contributed by atoms with Crippen molar-refractivity contribution in [2.75, 3.05) is 12.4 Å². The van der Waals surface area contributed by atoms with Crippen molar-refractivity contribution in [2.24, 2.45) is 0 Å². The summed E-state index contributed by atoms with van der Waals surface area (Å²) < 4.78 is 18.4. The fourth-order valence-corrected chi connectivity index (χ4v) is 4.03. The monoisotopic (exact) mass is 419 g/mol. The number of halogens is 1. The average molecular weight is 420 g/mol. The molecule has 1 saturated carbocycles. The molecule has 4 rings (SSSR count). The minimum Gasteiger partial charge on any atom is -0.497 e. The van der Waals surface area contributed by atoms with Gasteiger partial charge >= 0.3 is 0 Å². The second-order valence-electron chi connectivity index (χ2n) is 7.90. The Hall–Kier alpha value is -3.28. The maximum Gasteiger partial charge on any atom is 0.229 e. The smallest absolute Gasteiger partial charge is 0.229 e. The fourth-order valence-electron chi connectivity index (χ4n) is 4.03. The van der Waals surface area contributed by atoms with Gasteiger partial charge in [0.1, 0.15) is 11.6 Å². The van der Waals surface area contributed by atoms with Gasteiger partial charge in [-0.15, -0.1) is 0 Å². The Morgan fingerprint density at radius 2 is 1.77 bits per heavy atom. The lowest BCUT2D eigenvalue weighted by Crippen LogP contribution is -2.19. The number of benzene rings is 2. The van der Waals surface area contributed by atoms with Crippen molar-refractivity contribution < 1.29 is 13.9 Å². The van der Waals surface area contributed by atoms with Crippen molar-refractivity contribution in [3.63, 3.8) is 0 Å². The molecule has 1 aliphatic carbocycles. The van der Waals surface area contributed by atoms with Crippen LogP contribution in [0.15, 0.2) is 54.7 Å². The maximum atomic E-state index is 13.1. The second-order valence-corrected chi connectivity index (χ2v) is 7.90. The molecule has 1 heterocycles. The first-order valence-electron chi connectivity index (χ1n) is 10.7. The van der Waals surface area contributed by atoms with Gasteiger partial charge in [-0.25, -0.2) is 14.4 Å². The molecular formula is C25H26FN3O2. The number of aromatic nitrogens is 2. The Kier molecular flexibility index (Phi) is 6.55. The van der Waals surface area contributed by atoms with Gasteiger partial charge in [0.2, 0.25) is 5.91 Å². The standard InChI is InChI=1S/C25H26FN3O2/c1-31-21-13-9-18(10-14-21)22-16-27-25(24(28-22)19-5-3-2-4-6-19)29-23(30)15-17-7-11-20(26)12-8-17/h7-14,16,19H,2-6,15H2,1H3,(H,27,29,30). The Balaban J connectivity index is 1.59. The van der Waals surface area contributed by atoms with E-state index in [1.807, 2.05) is 24.3 Å². The van der Waals surface area contributed by atoms with E-state index in [1.54, 1.807) is 25.4 Å². The highest BCUT2D eigenvalue weighted by molar-refractivity contribution is 5.92. The van der Waals surface area contributed by atoms with Gasteiger partial charge in [0, 0.05) is 11.5 Å². The predicted molar refractivity (Wildman–Crippen MR) is 119 cm³/mol. The summed E-state index contributed by atoms with van der Waals surface area (Å²) in [4.78, 5) is 22.1. The summed E-state index contributed by atoms with van der Waals surface area (Å²) in [5.41, 5.74) is 3.33. The van der Waals surface area contributed by atoms with Crippen LogP contribution in [0.5, 0.6) is 5.75 Å². The van der Waals surface area contributed by atoms with E-state index in [2.05, 4.69) is 10.3 Å². The summed E-state index contributed by atoms with van der Waals surface area (Å²) in [5, 5.41) is 2.94. The molecule has 2 aromatic carbocycles. The summed E-state index contributed by atoms with van der Waals surface area (Å²) in [7, 11) is 1.64. The summed E-state index contributed by atoms with van der Waals surface area (Å²) >= 11 is 0. The number of rotatable bonds is 6. The first-order chi connectivity index (χ1) is 15.1. The number of nitrogens with zero attached hydrogens (tertiary/aromatic N) is 2. The third kappa shape index (κ3) is 5.26. The Morgan fingerprint density at radius 1 is 1.06 bits per heavy atom. The zero-order valence-corrected chi connectivity index (χ0v) is 17.6. The lowest BCUT2D eigenvalue weighted by molar-refractivity contribution is -0.115. The summed E-state index contributed by atoms with van der Waals surface area (Å²) in [5.74, 6) is 1.09. The highest BCUT2D eigenvalue weighted by atomic mass is 19.1. The Morgan fingerprint density at radius 3 is 2.45 bits per heavy atom. The summed E-state index contributed by atoms with van der Waals surface area (Å²) in [6, 6.07) is 13.7. The van der Waals surface area contributed by atoms with Gasteiger partial charge in [-0.1, -0.05) is 31.4 Å². The van der Waals surface area contributed by atoms with Crippen LogP contribution in [0.3, 0.4) is 0 Å². The van der Waals surface area contributed by atoms with Gasteiger partial charge < -0.3 is 10.1 Å². The number of ether oxygens (including phenoxy) is 1. The van der Waals surface area contributed by atoms with Crippen LogP contribution in [-0.2, 0) is 11.2 Å². The number of hydrogen-bond acceptors (Lipinski definition) is 4. The highest BCUT2D eigenvalue weighted by Gasteiger charge is 2.23. The largest absolute Gasteiger partial charge is 0.497 e. The number of nitrogens with one attached hydrogen (secondary N) is 1. The lowest BCUT2D eigenvalue weighted by atomic mass is 9.86. The van der Waals surface area contributed by atoms with Crippen molar-refractivity contribution in [1.29, 1.82) is 0 Å². The molecule has 160 valence electrons. The SMILES string of the molecule is COc1ccc(-c2cnc(NC(=O)Cc3ccc(F)cc3)c(C3CCCCC3)n2)cc1. The van der Waals surface area contributed by atoms with Gasteiger partial charge in [0.25, 0.3) is 0 Å². The molecule has 0 atom stereocenters. The van der Waals surface area contributed by atoms with Gasteiger partial charge in [0.05, 0.1) is 31.1 Å². The zero-order valence-electron chi connectivity index (χ0n) is 17.6. The maximum absolute atomic E-state index is 13.1.